The van der Waals surface area contributed by atoms with Gasteiger partial charge in [-0.3, -0.25) is 4.31 Å². The maximum atomic E-state index is 12.8. The van der Waals surface area contributed by atoms with Crippen LogP contribution in [0.4, 0.5) is 18.9 Å². The summed E-state index contributed by atoms with van der Waals surface area (Å²) in [6.07, 6.45) is -4.54. The Balaban J connectivity index is 2.45. The van der Waals surface area contributed by atoms with Crippen LogP contribution in [0.1, 0.15) is 11.1 Å². The van der Waals surface area contributed by atoms with Gasteiger partial charge in [-0.2, -0.15) is 13.2 Å². The van der Waals surface area contributed by atoms with E-state index in [0.29, 0.717) is 11.3 Å². The van der Waals surface area contributed by atoms with Crippen LogP contribution in [0.5, 0.6) is 5.75 Å². The molecule has 0 atom stereocenters. The first-order valence-electron chi connectivity index (χ1n) is 6.88. The number of halogens is 3. The number of sulfonamides is 1. The molecule has 2 rings (SSSR count). The fourth-order valence-corrected chi connectivity index (χ4v) is 3.46. The standard InChI is InChI=1S/C16H16F3NO3S/c1-11-9-14(7-8-15(11)23-3)24(21,22)20(2)13-6-4-5-12(10-13)16(17,18)19/h4-10H,1-3H3. The molecule has 0 fully saturated rings. The van der Waals surface area contributed by atoms with Gasteiger partial charge in [0.2, 0.25) is 0 Å². The third-order valence-electron chi connectivity index (χ3n) is 3.56. The molecule has 0 heterocycles. The van der Waals surface area contributed by atoms with E-state index in [4.69, 9.17) is 4.74 Å². The Morgan fingerprint density at radius 1 is 1.08 bits per heavy atom. The van der Waals surface area contributed by atoms with Crippen LogP contribution < -0.4 is 9.04 Å². The van der Waals surface area contributed by atoms with E-state index < -0.39 is 21.8 Å². The topological polar surface area (TPSA) is 46.6 Å². The quantitative estimate of drug-likeness (QED) is 0.833. The fraction of sp³-hybridized carbons (Fsp3) is 0.250. The van der Waals surface area contributed by atoms with Crippen LogP contribution in [0, 0.1) is 6.92 Å². The predicted octanol–water partition coefficient (Wildman–Crippen LogP) is 3.85. The summed E-state index contributed by atoms with van der Waals surface area (Å²) in [5, 5.41) is 0. The summed E-state index contributed by atoms with van der Waals surface area (Å²) < 4.78 is 69.6. The lowest BCUT2D eigenvalue weighted by Crippen LogP contribution is -2.27. The molecule has 130 valence electrons. The second-order valence-corrected chi connectivity index (χ2v) is 7.12. The Kier molecular flexibility index (Phi) is 4.80. The SMILES string of the molecule is COc1ccc(S(=O)(=O)N(C)c2cccc(C(F)(F)F)c2)cc1C. The van der Waals surface area contributed by atoms with Crippen LogP contribution >= 0.6 is 0 Å². The number of benzene rings is 2. The maximum absolute atomic E-state index is 12.8. The number of anilines is 1. The van der Waals surface area contributed by atoms with Gasteiger partial charge in [0, 0.05) is 7.05 Å². The minimum absolute atomic E-state index is 0.0271. The molecule has 0 N–H and O–H groups in total. The summed E-state index contributed by atoms with van der Waals surface area (Å²) in [5.74, 6) is 0.524. The zero-order valence-corrected chi connectivity index (χ0v) is 14.1. The molecule has 4 nitrogen and oxygen atoms in total. The predicted molar refractivity (Wildman–Crippen MR) is 84.8 cm³/mol. The largest absolute Gasteiger partial charge is 0.496 e. The molecule has 8 heteroatoms. The second kappa shape index (κ2) is 6.35. The van der Waals surface area contributed by atoms with E-state index in [1.54, 1.807) is 6.92 Å². The van der Waals surface area contributed by atoms with Gasteiger partial charge < -0.3 is 4.74 Å². The first kappa shape index (κ1) is 18.1. The van der Waals surface area contributed by atoms with Crippen molar-refractivity contribution in [3.8, 4) is 5.75 Å². The van der Waals surface area contributed by atoms with E-state index >= 15 is 0 Å². The van der Waals surface area contributed by atoms with E-state index in [-0.39, 0.29) is 10.6 Å². The Morgan fingerprint density at radius 2 is 1.75 bits per heavy atom. The molecule has 2 aromatic rings. The van der Waals surface area contributed by atoms with Crippen molar-refractivity contribution in [2.75, 3.05) is 18.5 Å². The maximum Gasteiger partial charge on any atom is 0.416 e. The zero-order chi connectivity index (χ0) is 18.1. The van der Waals surface area contributed by atoms with Gasteiger partial charge in [0.25, 0.3) is 10.0 Å². The Labute approximate surface area is 138 Å². The Hall–Kier alpha value is -2.22. The highest BCUT2D eigenvalue weighted by Gasteiger charge is 2.31. The van der Waals surface area contributed by atoms with Crippen molar-refractivity contribution in [2.45, 2.75) is 18.0 Å². The number of hydrogen-bond acceptors (Lipinski definition) is 3. The van der Waals surface area contributed by atoms with Gasteiger partial charge in [0.05, 0.1) is 23.3 Å². The second-order valence-electron chi connectivity index (χ2n) is 5.15. The molecule has 2 aromatic carbocycles. The molecule has 0 bridgehead atoms. The van der Waals surface area contributed by atoms with Crippen molar-refractivity contribution < 1.29 is 26.3 Å². The lowest BCUT2D eigenvalue weighted by Gasteiger charge is -2.21. The lowest BCUT2D eigenvalue weighted by atomic mass is 10.2. The van der Waals surface area contributed by atoms with Crippen molar-refractivity contribution in [1.29, 1.82) is 0 Å². The monoisotopic (exact) mass is 359 g/mol. The number of methoxy groups -OCH3 is 1. The highest BCUT2D eigenvalue weighted by molar-refractivity contribution is 7.92. The first-order chi connectivity index (χ1) is 11.1. The number of hydrogen-bond donors (Lipinski definition) is 0. The van der Waals surface area contributed by atoms with E-state index in [9.17, 15) is 21.6 Å². The fourth-order valence-electron chi connectivity index (χ4n) is 2.19. The minimum Gasteiger partial charge on any atom is -0.496 e. The molecule has 0 aromatic heterocycles. The summed E-state index contributed by atoms with van der Waals surface area (Å²) in [5.41, 5.74) is -0.373. The molecule has 0 saturated heterocycles. The molecule has 0 spiro atoms. The number of ether oxygens (including phenoxy) is 1. The van der Waals surface area contributed by atoms with Crippen molar-refractivity contribution in [2.24, 2.45) is 0 Å². The molecule has 0 aliphatic carbocycles. The van der Waals surface area contributed by atoms with Crippen molar-refractivity contribution >= 4 is 15.7 Å². The van der Waals surface area contributed by atoms with E-state index in [2.05, 4.69) is 0 Å². The first-order valence-corrected chi connectivity index (χ1v) is 8.32. The van der Waals surface area contributed by atoms with E-state index in [0.717, 1.165) is 16.4 Å². The van der Waals surface area contributed by atoms with Crippen LogP contribution in [0.2, 0.25) is 0 Å². The highest BCUT2D eigenvalue weighted by atomic mass is 32.2. The van der Waals surface area contributed by atoms with Crippen LogP contribution in [0.25, 0.3) is 0 Å². The smallest absolute Gasteiger partial charge is 0.416 e. The Morgan fingerprint density at radius 3 is 2.29 bits per heavy atom. The summed E-state index contributed by atoms with van der Waals surface area (Å²) in [6.45, 7) is 1.68. The lowest BCUT2D eigenvalue weighted by molar-refractivity contribution is -0.137. The molecule has 0 radical (unpaired) electrons. The molecule has 24 heavy (non-hydrogen) atoms. The number of rotatable bonds is 4. The van der Waals surface area contributed by atoms with Gasteiger partial charge in [-0.25, -0.2) is 8.42 Å². The van der Waals surface area contributed by atoms with Crippen LogP contribution in [0.3, 0.4) is 0 Å². The molecule has 0 amide bonds. The zero-order valence-electron chi connectivity index (χ0n) is 13.3. The Bertz CT molecular complexity index is 848. The van der Waals surface area contributed by atoms with Gasteiger partial charge in [-0.1, -0.05) is 6.07 Å². The number of alkyl halides is 3. The summed E-state index contributed by atoms with van der Waals surface area (Å²) in [6, 6.07) is 8.44. The molecular weight excluding hydrogens is 343 g/mol. The highest BCUT2D eigenvalue weighted by Crippen LogP contribution is 2.33. The third kappa shape index (κ3) is 3.48. The average Bonchev–Trinajstić information content (AvgIpc) is 2.53. The van der Waals surface area contributed by atoms with Crippen molar-refractivity contribution in [3.05, 3.63) is 53.6 Å². The van der Waals surface area contributed by atoms with Crippen LogP contribution in [-0.2, 0) is 16.2 Å². The summed E-state index contributed by atoms with van der Waals surface area (Å²) in [4.78, 5) is -0.0271. The summed E-state index contributed by atoms with van der Waals surface area (Å²) in [7, 11) is -1.32. The van der Waals surface area contributed by atoms with Gasteiger partial charge in [0.1, 0.15) is 5.75 Å². The molecule has 0 aliphatic heterocycles. The van der Waals surface area contributed by atoms with Crippen LogP contribution in [-0.4, -0.2) is 22.6 Å². The number of aryl methyl sites for hydroxylation is 1. The van der Waals surface area contributed by atoms with E-state index in [1.165, 1.54) is 44.5 Å². The van der Waals surface area contributed by atoms with Crippen LogP contribution in [0.15, 0.2) is 47.4 Å². The minimum atomic E-state index is -4.54. The van der Waals surface area contributed by atoms with Gasteiger partial charge >= 0.3 is 6.18 Å². The molecular formula is C16H16F3NO3S. The average molecular weight is 359 g/mol. The van der Waals surface area contributed by atoms with E-state index in [1.807, 2.05) is 0 Å². The number of nitrogens with zero attached hydrogens (tertiary/aromatic N) is 1. The third-order valence-corrected chi connectivity index (χ3v) is 5.34. The summed E-state index contributed by atoms with van der Waals surface area (Å²) >= 11 is 0. The normalized spacial score (nSPS) is 12.1. The molecule has 0 saturated carbocycles. The van der Waals surface area contributed by atoms with Crippen molar-refractivity contribution in [3.63, 3.8) is 0 Å². The molecule has 0 aliphatic rings. The van der Waals surface area contributed by atoms with Gasteiger partial charge in [0.15, 0.2) is 0 Å². The van der Waals surface area contributed by atoms with Gasteiger partial charge in [-0.15, -0.1) is 0 Å². The molecule has 0 unspecified atom stereocenters. The van der Waals surface area contributed by atoms with Crippen molar-refractivity contribution in [1.82, 2.24) is 0 Å². The van der Waals surface area contributed by atoms with Gasteiger partial charge in [-0.05, 0) is 48.9 Å².